The number of benzene rings is 2. The van der Waals surface area contributed by atoms with Crippen LogP contribution in [0.4, 0.5) is 0 Å². The van der Waals surface area contributed by atoms with Crippen molar-refractivity contribution >= 4 is 26.7 Å². The molecule has 3 aromatic rings. The second-order valence-electron chi connectivity index (χ2n) is 7.75. The third kappa shape index (κ3) is 2.16. The summed E-state index contributed by atoms with van der Waals surface area (Å²) in [6.07, 6.45) is 3.16. The Labute approximate surface area is 150 Å². The van der Waals surface area contributed by atoms with Crippen molar-refractivity contribution in [3.05, 3.63) is 52.9 Å². The summed E-state index contributed by atoms with van der Waals surface area (Å²) in [6.45, 7) is 4.71. The van der Waals surface area contributed by atoms with Crippen LogP contribution < -0.4 is 5.32 Å². The van der Waals surface area contributed by atoms with Crippen LogP contribution in [0.5, 0.6) is 0 Å². The van der Waals surface area contributed by atoms with Crippen molar-refractivity contribution in [2.24, 2.45) is 11.3 Å². The summed E-state index contributed by atoms with van der Waals surface area (Å²) in [7, 11) is 0. The minimum Gasteiger partial charge on any atom is -0.341 e. The molecule has 0 unspecified atom stereocenters. The molecule has 1 aromatic heterocycles. The molecule has 1 saturated carbocycles. The van der Waals surface area contributed by atoms with E-state index in [1.54, 1.807) is 0 Å². The quantitative estimate of drug-likeness (QED) is 0.651. The zero-order valence-corrected chi connectivity index (χ0v) is 15.4. The van der Waals surface area contributed by atoms with Crippen molar-refractivity contribution in [3.8, 4) is 11.3 Å². The molecular formula is C20H20BrN3. The number of rotatable bonds is 2. The predicted molar refractivity (Wildman–Crippen MR) is 101 cm³/mol. The fourth-order valence-electron chi connectivity index (χ4n) is 4.29. The minimum atomic E-state index is 0.373. The van der Waals surface area contributed by atoms with Gasteiger partial charge in [0.2, 0.25) is 0 Å². The topological polar surface area (TPSA) is 40.7 Å². The first-order valence-corrected chi connectivity index (χ1v) is 9.32. The standard InChI is InChI=1S/C20H20BrN3/c1-20(2)15-9-16(23-18(15)20)19-22-10-17(24-19)13-4-3-12-8-14(21)6-5-11(12)7-13/h3-8,10,15-16,18,23H,9H2,1-2H3,(H,22,24)/t15-,16+,18+/m1/s1. The van der Waals surface area contributed by atoms with Crippen LogP contribution in [0.15, 0.2) is 47.1 Å². The van der Waals surface area contributed by atoms with E-state index in [1.165, 1.54) is 22.8 Å². The SMILES string of the molecule is CC1(C)[C@@H]2C[C@@H](c3ncc(-c4ccc5cc(Br)ccc5c4)[nH]3)N[C@@H]21. The highest BCUT2D eigenvalue weighted by Crippen LogP contribution is 2.60. The third-order valence-corrected chi connectivity index (χ3v) is 6.45. The molecule has 1 aliphatic carbocycles. The molecule has 2 N–H and O–H groups in total. The van der Waals surface area contributed by atoms with Crippen LogP contribution >= 0.6 is 15.9 Å². The summed E-state index contributed by atoms with van der Waals surface area (Å²) >= 11 is 3.53. The molecule has 2 heterocycles. The first-order chi connectivity index (χ1) is 11.5. The van der Waals surface area contributed by atoms with Gasteiger partial charge in [-0.15, -0.1) is 0 Å². The van der Waals surface area contributed by atoms with Gasteiger partial charge in [0.1, 0.15) is 5.82 Å². The maximum Gasteiger partial charge on any atom is 0.123 e. The van der Waals surface area contributed by atoms with Crippen LogP contribution in [0.1, 0.15) is 32.1 Å². The van der Waals surface area contributed by atoms with E-state index in [0.717, 1.165) is 21.9 Å². The van der Waals surface area contributed by atoms with Gasteiger partial charge in [0.15, 0.2) is 0 Å². The Bertz CT molecular complexity index is 929. The van der Waals surface area contributed by atoms with Gasteiger partial charge in [-0.05, 0) is 46.7 Å². The second-order valence-corrected chi connectivity index (χ2v) is 8.66. The maximum atomic E-state index is 4.65. The molecule has 2 aromatic carbocycles. The van der Waals surface area contributed by atoms with Crippen LogP contribution in [0.25, 0.3) is 22.0 Å². The predicted octanol–water partition coefficient (Wildman–Crippen LogP) is 5.05. The first-order valence-electron chi connectivity index (χ1n) is 8.53. The van der Waals surface area contributed by atoms with Gasteiger partial charge in [-0.25, -0.2) is 4.98 Å². The Kier molecular flexibility index (Phi) is 3.01. The van der Waals surface area contributed by atoms with Gasteiger partial charge in [0.25, 0.3) is 0 Å². The van der Waals surface area contributed by atoms with Crippen molar-refractivity contribution in [3.63, 3.8) is 0 Å². The molecule has 122 valence electrons. The number of nitrogens with one attached hydrogen (secondary N) is 2. The fourth-order valence-corrected chi connectivity index (χ4v) is 4.67. The summed E-state index contributed by atoms with van der Waals surface area (Å²) in [5, 5.41) is 6.22. The fraction of sp³-hybridized carbons (Fsp3) is 0.350. The number of hydrogen-bond donors (Lipinski definition) is 2. The molecule has 24 heavy (non-hydrogen) atoms. The van der Waals surface area contributed by atoms with Gasteiger partial charge in [-0.2, -0.15) is 0 Å². The molecule has 1 saturated heterocycles. The molecule has 3 atom stereocenters. The molecule has 0 radical (unpaired) electrons. The zero-order valence-electron chi connectivity index (χ0n) is 13.8. The third-order valence-electron chi connectivity index (χ3n) is 5.96. The van der Waals surface area contributed by atoms with Gasteiger partial charge in [-0.1, -0.05) is 48.0 Å². The lowest BCUT2D eigenvalue weighted by atomic mass is 10.0. The lowest BCUT2D eigenvalue weighted by Gasteiger charge is -2.16. The Morgan fingerprint density at radius 2 is 1.92 bits per heavy atom. The number of aromatic nitrogens is 2. The van der Waals surface area contributed by atoms with E-state index in [-0.39, 0.29) is 0 Å². The van der Waals surface area contributed by atoms with Crippen molar-refractivity contribution in [1.29, 1.82) is 0 Å². The Hall–Kier alpha value is -1.65. The van der Waals surface area contributed by atoms with Crippen LogP contribution in [-0.4, -0.2) is 16.0 Å². The van der Waals surface area contributed by atoms with Crippen molar-refractivity contribution in [2.75, 3.05) is 0 Å². The summed E-state index contributed by atoms with van der Waals surface area (Å²) in [4.78, 5) is 8.18. The number of piperidine rings is 1. The average molecular weight is 382 g/mol. The summed E-state index contributed by atoms with van der Waals surface area (Å²) in [6, 6.07) is 14.0. The van der Waals surface area contributed by atoms with Crippen molar-refractivity contribution in [2.45, 2.75) is 32.4 Å². The van der Waals surface area contributed by atoms with E-state index in [4.69, 9.17) is 0 Å². The van der Waals surface area contributed by atoms with E-state index in [1.807, 2.05) is 6.20 Å². The Morgan fingerprint density at radius 3 is 2.71 bits per heavy atom. The summed E-state index contributed by atoms with van der Waals surface area (Å²) < 4.78 is 1.11. The zero-order chi connectivity index (χ0) is 16.5. The highest BCUT2D eigenvalue weighted by molar-refractivity contribution is 9.10. The monoisotopic (exact) mass is 381 g/mol. The second kappa shape index (κ2) is 4.93. The number of imidazole rings is 1. The van der Waals surface area contributed by atoms with Gasteiger partial charge in [0, 0.05) is 16.1 Å². The molecular weight excluding hydrogens is 362 g/mol. The molecule has 0 spiro atoms. The number of nitrogens with zero attached hydrogens (tertiary/aromatic N) is 1. The highest BCUT2D eigenvalue weighted by Gasteiger charge is 2.62. The van der Waals surface area contributed by atoms with E-state index in [2.05, 4.69) is 81.5 Å². The highest BCUT2D eigenvalue weighted by atomic mass is 79.9. The van der Waals surface area contributed by atoms with Crippen LogP contribution in [0.2, 0.25) is 0 Å². The van der Waals surface area contributed by atoms with Crippen LogP contribution in [0.3, 0.4) is 0 Å². The Morgan fingerprint density at radius 1 is 1.12 bits per heavy atom. The molecule has 0 bridgehead atoms. The van der Waals surface area contributed by atoms with E-state index < -0.39 is 0 Å². The molecule has 3 nitrogen and oxygen atoms in total. The van der Waals surface area contributed by atoms with E-state index in [9.17, 15) is 0 Å². The number of hydrogen-bond acceptors (Lipinski definition) is 2. The largest absolute Gasteiger partial charge is 0.341 e. The van der Waals surface area contributed by atoms with E-state index in [0.29, 0.717) is 17.5 Å². The lowest BCUT2D eigenvalue weighted by molar-refractivity contribution is 0.408. The molecule has 4 heteroatoms. The Balaban J connectivity index is 1.42. The van der Waals surface area contributed by atoms with Gasteiger partial charge in [0.05, 0.1) is 17.9 Å². The molecule has 2 fully saturated rings. The minimum absolute atomic E-state index is 0.373. The van der Waals surface area contributed by atoms with Gasteiger partial charge < -0.3 is 10.3 Å². The molecule has 0 amide bonds. The van der Waals surface area contributed by atoms with Crippen LogP contribution in [0, 0.1) is 11.3 Å². The summed E-state index contributed by atoms with van der Waals surface area (Å²) in [5.41, 5.74) is 2.75. The van der Waals surface area contributed by atoms with Crippen molar-refractivity contribution in [1.82, 2.24) is 15.3 Å². The average Bonchev–Trinajstić information content (AvgIpc) is 3.05. The first kappa shape index (κ1) is 14.7. The normalized spacial score (nSPS) is 27.4. The number of aromatic amines is 1. The van der Waals surface area contributed by atoms with Crippen LogP contribution in [-0.2, 0) is 0 Å². The number of H-pyrrole nitrogens is 1. The smallest absolute Gasteiger partial charge is 0.123 e. The maximum absolute atomic E-state index is 4.65. The van der Waals surface area contributed by atoms with Crippen molar-refractivity contribution < 1.29 is 0 Å². The number of fused-ring (bicyclic) bond motifs is 2. The summed E-state index contributed by atoms with van der Waals surface area (Å²) in [5.74, 6) is 1.87. The molecule has 1 aliphatic heterocycles. The molecule has 5 rings (SSSR count). The van der Waals surface area contributed by atoms with E-state index >= 15 is 0 Å². The lowest BCUT2D eigenvalue weighted by Crippen LogP contribution is -2.24. The van der Waals surface area contributed by atoms with Gasteiger partial charge in [-0.3, -0.25) is 0 Å². The molecule has 2 aliphatic rings. The van der Waals surface area contributed by atoms with Gasteiger partial charge >= 0.3 is 0 Å². The number of halogens is 1.